The van der Waals surface area contributed by atoms with Crippen LogP contribution in [0, 0.1) is 0 Å². The van der Waals surface area contributed by atoms with E-state index in [0.29, 0.717) is 11.9 Å². The van der Waals surface area contributed by atoms with E-state index in [-0.39, 0.29) is 0 Å². The van der Waals surface area contributed by atoms with Crippen LogP contribution < -0.4 is 16.6 Å². The van der Waals surface area contributed by atoms with Gasteiger partial charge in [-0.1, -0.05) is 13.0 Å². The first-order valence-electron chi connectivity index (χ1n) is 5.66. The van der Waals surface area contributed by atoms with Crippen molar-refractivity contribution >= 4 is 5.84 Å². The molecule has 0 fully saturated rings. The molecule has 0 aromatic heterocycles. The number of nitrogens with two attached hydrogens (primary N) is 1. The van der Waals surface area contributed by atoms with Gasteiger partial charge in [-0.3, -0.25) is 0 Å². The van der Waals surface area contributed by atoms with Gasteiger partial charge < -0.3 is 11.2 Å². The zero-order valence-electron chi connectivity index (χ0n) is 11.0. The van der Waals surface area contributed by atoms with E-state index in [0.717, 1.165) is 17.7 Å². The van der Waals surface area contributed by atoms with E-state index in [1.165, 1.54) is 0 Å². The molecule has 4 N–H and O–H groups in total. The number of hydrazine groups is 1. The number of hydrogen-bond acceptors (Lipinski definition) is 3. The normalized spacial score (nSPS) is 12.2. The van der Waals surface area contributed by atoms with Crippen LogP contribution >= 0.6 is 0 Å². The van der Waals surface area contributed by atoms with Gasteiger partial charge in [0, 0.05) is 12.2 Å². The fourth-order valence-corrected chi connectivity index (χ4v) is 0.965. The minimum atomic E-state index is 0.341. The zero-order chi connectivity index (χ0) is 12.6. The van der Waals surface area contributed by atoms with Crippen molar-refractivity contribution in [2.24, 2.45) is 10.7 Å². The van der Waals surface area contributed by atoms with Crippen LogP contribution in [-0.2, 0) is 0 Å². The highest BCUT2D eigenvalue weighted by Crippen LogP contribution is 1.99. The SMILES string of the molecule is CC/C=C/N=C(N)C(NNC(C)C)=C(C)C. The van der Waals surface area contributed by atoms with Crippen LogP contribution in [0.4, 0.5) is 0 Å². The maximum Gasteiger partial charge on any atom is 0.148 e. The average molecular weight is 224 g/mol. The van der Waals surface area contributed by atoms with Gasteiger partial charge in [0.25, 0.3) is 0 Å². The van der Waals surface area contributed by atoms with Crippen LogP contribution in [0.25, 0.3) is 0 Å². The molecule has 0 aliphatic heterocycles. The van der Waals surface area contributed by atoms with Crippen molar-refractivity contribution in [2.45, 2.75) is 47.1 Å². The summed E-state index contributed by atoms with van der Waals surface area (Å²) in [6, 6.07) is 0.341. The summed E-state index contributed by atoms with van der Waals surface area (Å²) in [5.41, 5.74) is 14.0. The van der Waals surface area contributed by atoms with Crippen molar-refractivity contribution in [3.8, 4) is 0 Å². The van der Waals surface area contributed by atoms with E-state index in [1.807, 2.05) is 19.9 Å². The fourth-order valence-electron chi connectivity index (χ4n) is 0.965. The highest BCUT2D eigenvalue weighted by atomic mass is 15.4. The Morgan fingerprint density at radius 3 is 2.44 bits per heavy atom. The summed E-state index contributed by atoms with van der Waals surface area (Å²) in [6.07, 6.45) is 4.65. The highest BCUT2D eigenvalue weighted by molar-refractivity contribution is 5.97. The van der Waals surface area contributed by atoms with Gasteiger partial charge in [-0.15, -0.1) is 0 Å². The first kappa shape index (κ1) is 14.7. The van der Waals surface area contributed by atoms with Crippen molar-refractivity contribution in [3.05, 3.63) is 23.5 Å². The number of allylic oxidation sites excluding steroid dienone is 2. The van der Waals surface area contributed by atoms with Gasteiger partial charge in [-0.05, 0) is 39.7 Å². The second kappa shape index (κ2) is 7.93. The third-order valence-electron chi connectivity index (χ3n) is 1.80. The second-order valence-electron chi connectivity index (χ2n) is 4.11. The summed E-state index contributed by atoms with van der Waals surface area (Å²) in [6.45, 7) is 10.2. The summed E-state index contributed by atoms with van der Waals surface area (Å²) in [5, 5.41) is 0. The maximum atomic E-state index is 5.88. The Kier molecular flexibility index (Phi) is 7.29. The quantitative estimate of drug-likeness (QED) is 0.368. The van der Waals surface area contributed by atoms with Crippen LogP contribution in [-0.4, -0.2) is 11.9 Å². The van der Waals surface area contributed by atoms with E-state index in [9.17, 15) is 0 Å². The summed E-state index contributed by atoms with van der Waals surface area (Å²) in [4.78, 5) is 4.17. The number of aliphatic imine (C=N–C) groups is 1. The van der Waals surface area contributed by atoms with Crippen LogP contribution in [0.3, 0.4) is 0 Å². The van der Waals surface area contributed by atoms with Crippen molar-refractivity contribution in [1.82, 2.24) is 10.9 Å². The van der Waals surface area contributed by atoms with Crippen molar-refractivity contribution in [3.63, 3.8) is 0 Å². The molecule has 0 unspecified atom stereocenters. The maximum absolute atomic E-state index is 5.88. The number of amidine groups is 1. The van der Waals surface area contributed by atoms with E-state index in [4.69, 9.17) is 5.73 Å². The minimum Gasteiger partial charge on any atom is -0.382 e. The molecular weight excluding hydrogens is 200 g/mol. The van der Waals surface area contributed by atoms with Crippen LogP contribution in [0.2, 0.25) is 0 Å². The Labute approximate surface area is 98.7 Å². The molecule has 4 heteroatoms. The smallest absolute Gasteiger partial charge is 0.148 e. The number of hydrogen-bond donors (Lipinski definition) is 3. The van der Waals surface area contributed by atoms with Gasteiger partial charge in [-0.25, -0.2) is 10.4 Å². The highest BCUT2D eigenvalue weighted by Gasteiger charge is 2.04. The Morgan fingerprint density at radius 1 is 1.38 bits per heavy atom. The molecule has 0 spiro atoms. The molecule has 0 saturated heterocycles. The van der Waals surface area contributed by atoms with Gasteiger partial charge in [0.05, 0.1) is 5.70 Å². The van der Waals surface area contributed by atoms with Crippen molar-refractivity contribution in [2.75, 3.05) is 0 Å². The largest absolute Gasteiger partial charge is 0.382 e. The van der Waals surface area contributed by atoms with Crippen LogP contribution in [0.1, 0.15) is 41.0 Å². The molecule has 0 aromatic rings. The predicted octanol–water partition coefficient (Wildman–Crippen LogP) is 2.06. The van der Waals surface area contributed by atoms with Gasteiger partial charge in [0.1, 0.15) is 5.84 Å². The summed E-state index contributed by atoms with van der Waals surface area (Å²) < 4.78 is 0. The van der Waals surface area contributed by atoms with Crippen LogP contribution in [0.5, 0.6) is 0 Å². The Balaban J connectivity index is 4.62. The van der Waals surface area contributed by atoms with Crippen molar-refractivity contribution in [1.29, 1.82) is 0 Å². The lowest BCUT2D eigenvalue weighted by Crippen LogP contribution is -2.41. The van der Waals surface area contributed by atoms with Gasteiger partial charge >= 0.3 is 0 Å². The molecular formula is C12H24N4. The lowest BCUT2D eigenvalue weighted by molar-refractivity contribution is 0.528. The Hall–Kier alpha value is -1.29. The number of nitrogens with one attached hydrogen (secondary N) is 2. The zero-order valence-corrected chi connectivity index (χ0v) is 11.0. The summed E-state index contributed by atoms with van der Waals surface area (Å²) in [7, 11) is 0. The summed E-state index contributed by atoms with van der Waals surface area (Å²) >= 11 is 0. The van der Waals surface area contributed by atoms with E-state index in [1.54, 1.807) is 6.20 Å². The first-order valence-corrected chi connectivity index (χ1v) is 5.66. The van der Waals surface area contributed by atoms with E-state index >= 15 is 0 Å². The molecule has 0 bridgehead atoms. The molecule has 4 nitrogen and oxygen atoms in total. The monoisotopic (exact) mass is 224 g/mol. The molecule has 0 aliphatic carbocycles. The molecule has 0 radical (unpaired) electrons. The average Bonchev–Trinajstić information content (AvgIpc) is 2.17. The molecule has 92 valence electrons. The standard InChI is InChI=1S/C12H24N4/c1-6-7-8-14-12(13)11(9(2)3)16-15-10(4)5/h7-8,10,15-16H,6H2,1-5H3,(H2,13,14)/b8-7+. The predicted molar refractivity (Wildman–Crippen MR) is 70.8 cm³/mol. The molecule has 0 aromatic carbocycles. The van der Waals surface area contributed by atoms with Gasteiger partial charge in [0.15, 0.2) is 0 Å². The summed E-state index contributed by atoms with van der Waals surface area (Å²) in [5.74, 6) is 0.498. The Bertz CT molecular complexity index is 283. The Morgan fingerprint density at radius 2 is 2.00 bits per heavy atom. The number of rotatable bonds is 6. The third kappa shape index (κ3) is 6.24. The molecule has 0 saturated carbocycles. The molecule has 0 atom stereocenters. The fraction of sp³-hybridized carbons (Fsp3) is 0.583. The third-order valence-corrected chi connectivity index (χ3v) is 1.80. The molecule has 0 rings (SSSR count). The second-order valence-corrected chi connectivity index (χ2v) is 4.11. The van der Waals surface area contributed by atoms with Gasteiger partial charge in [0.2, 0.25) is 0 Å². The minimum absolute atomic E-state index is 0.341. The molecule has 0 heterocycles. The topological polar surface area (TPSA) is 62.4 Å². The lowest BCUT2D eigenvalue weighted by atomic mass is 10.2. The number of nitrogens with zero attached hydrogens (tertiary/aromatic N) is 1. The first-order chi connectivity index (χ1) is 7.49. The van der Waals surface area contributed by atoms with E-state index < -0.39 is 0 Å². The van der Waals surface area contributed by atoms with Gasteiger partial charge in [-0.2, -0.15) is 0 Å². The lowest BCUT2D eigenvalue weighted by Gasteiger charge is -2.15. The molecule has 0 aliphatic rings. The van der Waals surface area contributed by atoms with Crippen LogP contribution in [0.15, 0.2) is 28.5 Å². The molecule has 0 amide bonds. The molecule has 16 heavy (non-hydrogen) atoms. The van der Waals surface area contributed by atoms with Crippen molar-refractivity contribution < 1.29 is 0 Å². The van der Waals surface area contributed by atoms with E-state index in [2.05, 4.69) is 36.6 Å².